The molecule has 0 radical (unpaired) electrons. The second-order valence-corrected chi connectivity index (χ2v) is 3.32. The fourth-order valence-electron chi connectivity index (χ4n) is 1.32. The van der Waals surface area contributed by atoms with Crippen LogP contribution in [0.25, 0.3) is 0 Å². The molecule has 1 aromatic carbocycles. The topological polar surface area (TPSA) is 18.5 Å². The summed E-state index contributed by atoms with van der Waals surface area (Å²) in [5.74, 6) is 0.389. The minimum atomic E-state index is -0.238. The molecule has 0 saturated heterocycles. The van der Waals surface area contributed by atoms with E-state index in [2.05, 4.69) is 15.9 Å². The van der Waals surface area contributed by atoms with E-state index in [4.69, 9.17) is 9.47 Å². The third-order valence-corrected chi connectivity index (χ3v) is 2.52. The first-order chi connectivity index (χ1) is 6.33. The zero-order valence-electron chi connectivity index (χ0n) is 6.85. The minimum absolute atomic E-state index is 0.205. The first kappa shape index (κ1) is 8.97. The molecule has 1 aliphatic rings. The molecule has 70 valence electrons. The van der Waals surface area contributed by atoms with Crippen LogP contribution in [0.2, 0.25) is 0 Å². The summed E-state index contributed by atoms with van der Waals surface area (Å²) in [6.45, 7) is 0.700. The lowest BCUT2D eigenvalue weighted by molar-refractivity contribution is -0.0171. The summed E-state index contributed by atoms with van der Waals surface area (Å²) in [6, 6.07) is 3.13. The quantitative estimate of drug-likeness (QED) is 0.710. The summed E-state index contributed by atoms with van der Waals surface area (Å²) >= 11 is 3.23. The lowest BCUT2D eigenvalue weighted by Gasteiger charge is -2.20. The normalized spacial score (nSPS) is 14.9. The Labute approximate surface area is 83.8 Å². The van der Waals surface area contributed by atoms with Crippen LogP contribution in [0.5, 0.6) is 5.75 Å². The van der Waals surface area contributed by atoms with Crippen molar-refractivity contribution in [3.63, 3.8) is 0 Å². The Hall–Kier alpha value is -0.610. The van der Waals surface area contributed by atoms with Crippen LogP contribution in [0.4, 0.5) is 4.39 Å². The Morgan fingerprint density at radius 1 is 1.46 bits per heavy atom. The fourth-order valence-corrected chi connectivity index (χ4v) is 1.84. The molecule has 2 rings (SSSR count). The maximum Gasteiger partial charge on any atom is 0.189 e. The van der Waals surface area contributed by atoms with E-state index in [1.165, 1.54) is 6.07 Å². The smallest absolute Gasteiger partial charge is 0.189 e. The van der Waals surface area contributed by atoms with Gasteiger partial charge in [-0.05, 0) is 6.07 Å². The largest absolute Gasteiger partial charge is 0.467 e. The fraction of sp³-hybridized carbons (Fsp3) is 0.333. The van der Waals surface area contributed by atoms with Crippen molar-refractivity contribution in [2.45, 2.75) is 11.9 Å². The first-order valence-electron chi connectivity index (χ1n) is 3.89. The Morgan fingerprint density at radius 2 is 2.31 bits per heavy atom. The molecule has 0 atom stereocenters. The number of halogens is 2. The summed E-state index contributed by atoms with van der Waals surface area (Å²) < 4.78 is 23.5. The van der Waals surface area contributed by atoms with Crippen molar-refractivity contribution >= 4 is 15.9 Å². The first-order valence-corrected chi connectivity index (χ1v) is 5.02. The van der Waals surface area contributed by atoms with Crippen molar-refractivity contribution < 1.29 is 13.9 Å². The van der Waals surface area contributed by atoms with Crippen molar-refractivity contribution in [3.8, 4) is 5.75 Å². The van der Waals surface area contributed by atoms with Crippen molar-refractivity contribution in [1.29, 1.82) is 0 Å². The maximum atomic E-state index is 13.2. The summed E-state index contributed by atoms with van der Waals surface area (Å²) in [7, 11) is 0. The van der Waals surface area contributed by atoms with E-state index in [-0.39, 0.29) is 12.6 Å². The van der Waals surface area contributed by atoms with Crippen LogP contribution in [0.15, 0.2) is 12.1 Å². The van der Waals surface area contributed by atoms with Crippen LogP contribution >= 0.6 is 15.9 Å². The number of hydrogen-bond donors (Lipinski definition) is 0. The molecule has 0 saturated carbocycles. The number of rotatable bonds is 1. The van der Waals surface area contributed by atoms with Gasteiger partial charge in [-0.2, -0.15) is 0 Å². The van der Waals surface area contributed by atoms with E-state index in [0.29, 0.717) is 23.2 Å². The number of fused-ring (bicyclic) bond motifs is 1. The average molecular weight is 247 g/mol. The van der Waals surface area contributed by atoms with Gasteiger partial charge in [0, 0.05) is 16.5 Å². The molecule has 0 amide bonds. The van der Waals surface area contributed by atoms with Crippen molar-refractivity contribution in [2.75, 3.05) is 6.79 Å². The third kappa shape index (κ3) is 1.56. The predicted octanol–water partition coefficient (Wildman–Crippen LogP) is 2.59. The summed E-state index contributed by atoms with van der Waals surface area (Å²) in [4.78, 5) is 0. The number of benzene rings is 1. The molecule has 2 nitrogen and oxygen atoms in total. The lowest BCUT2D eigenvalue weighted by atomic mass is 10.1. The van der Waals surface area contributed by atoms with Gasteiger partial charge in [0.15, 0.2) is 6.79 Å². The Morgan fingerprint density at radius 3 is 3.08 bits per heavy atom. The Balaban J connectivity index is 2.52. The standard InChI is InChI=1S/C9H8BrFO2/c10-3-7-8(11)2-1-6-4-12-5-13-9(6)7/h1-2H,3-5H2. The second kappa shape index (κ2) is 3.64. The van der Waals surface area contributed by atoms with Crippen LogP contribution in [-0.4, -0.2) is 6.79 Å². The van der Waals surface area contributed by atoms with E-state index in [1.54, 1.807) is 6.07 Å². The molecule has 0 N–H and O–H groups in total. The molecule has 0 fully saturated rings. The Bertz CT molecular complexity index is 328. The van der Waals surface area contributed by atoms with E-state index < -0.39 is 0 Å². The molecule has 1 aliphatic heterocycles. The summed E-state index contributed by atoms with van der Waals surface area (Å²) in [6.07, 6.45) is 0. The molecular weight excluding hydrogens is 239 g/mol. The van der Waals surface area contributed by atoms with Crippen LogP contribution < -0.4 is 4.74 Å². The second-order valence-electron chi connectivity index (χ2n) is 2.76. The zero-order valence-corrected chi connectivity index (χ0v) is 8.43. The highest BCUT2D eigenvalue weighted by Crippen LogP contribution is 2.31. The highest BCUT2D eigenvalue weighted by Gasteiger charge is 2.17. The number of alkyl halides is 1. The third-order valence-electron chi connectivity index (χ3n) is 1.96. The molecule has 1 heterocycles. The van der Waals surface area contributed by atoms with Crippen LogP contribution in [0.1, 0.15) is 11.1 Å². The molecule has 4 heteroatoms. The SMILES string of the molecule is Fc1ccc2c(c1CBr)OCOC2. The molecule has 0 aliphatic carbocycles. The van der Waals surface area contributed by atoms with E-state index in [9.17, 15) is 4.39 Å². The highest BCUT2D eigenvalue weighted by atomic mass is 79.9. The molecule has 0 aromatic heterocycles. The van der Waals surface area contributed by atoms with Crippen LogP contribution in [0.3, 0.4) is 0 Å². The molecule has 0 bridgehead atoms. The lowest BCUT2D eigenvalue weighted by Crippen LogP contribution is -2.13. The molecular formula is C9H8BrFO2. The van der Waals surface area contributed by atoms with Gasteiger partial charge in [0.1, 0.15) is 11.6 Å². The van der Waals surface area contributed by atoms with Crippen molar-refractivity contribution in [1.82, 2.24) is 0 Å². The van der Waals surface area contributed by atoms with E-state index in [1.807, 2.05) is 0 Å². The van der Waals surface area contributed by atoms with Crippen molar-refractivity contribution in [3.05, 3.63) is 29.1 Å². The van der Waals surface area contributed by atoms with E-state index >= 15 is 0 Å². The van der Waals surface area contributed by atoms with Gasteiger partial charge in [-0.3, -0.25) is 0 Å². The van der Waals surface area contributed by atoms with Gasteiger partial charge in [0.2, 0.25) is 0 Å². The minimum Gasteiger partial charge on any atom is -0.467 e. The number of ether oxygens (including phenoxy) is 2. The average Bonchev–Trinajstić information content (AvgIpc) is 2.18. The van der Waals surface area contributed by atoms with Crippen LogP contribution in [0, 0.1) is 5.82 Å². The van der Waals surface area contributed by atoms with Gasteiger partial charge in [0.05, 0.1) is 6.61 Å². The molecule has 13 heavy (non-hydrogen) atoms. The summed E-state index contributed by atoms with van der Waals surface area (Å²) in [5, 5.41) is 0.460. The molecule has 1 aromatic rings. The van der Waals surface area contributed by atoms with E-state index in [0.717, 1.165) is 5.56 Å². The van der Waals surface area contributed by atoms with Gasteiger partial charge in [0.25, 0.3) is 0 Å². The Kier molecular flexibility index (Phi) is 2.51. The monoisotopic (exact) mass is 246 g/mol. The maximum absolute atomic E-state index is 13.2. The van der Waals surface area contributed by atoms with Gasteiger partial charge >= 0.3 is 0 Å². The van der Waals surface area contributed by atoms with Gasteiger partial charge in [-0.25, -0.2) is 4.39 Å². The highest BCUT2D eigenvalue weighted by molar-refractivity contribution is 9.08. The van der Waals surface area contributed by atoms with Gasteiger partial charge in [-0.1, -0.05) is 22.0 Å². The van der Waals surface area contributed by atoms with Gasteiger partial charge in [-0.15, -0.1) is 0 Å². The molecule has 0 unspecified atom stereocenters. The van der Waals surface area contributed by atoms with Gasteiger partial charge < -0.3 is 9.47 Å². The number of hydrogen-bond acceptors (Lipinski definition) is 2. The van der Waals surface area contributed by atoms with Crippen LogP contribution in [-0.2, 0) is 16.7 Å². The molecule has 0 spiro atoms. The zero-order chi connectivity index (χ0) is 9.26. The summed E-state index contributed by atoms with van der Waals surface area (Å²) in [5.41, 5.74) is 1.47. The predicted molar refractivity (Wildman–Crippen MR) is 49.3 cm³/mol. The van der Waals surface area contributed by atoms with Crippen molar-refractivity contribution in [2.24, 2.45) is 0 Å².